The second-order valence-corrected chi connectivity index (χ2v) is 3.89. The molecule has 2 rings (SSSR count). The van der Waals surface area contributed by atoms with Gasteiger partial charge in [0, 0.05) is 23.6 Å². The Hall–Kier alpha value is -2.71. The van der Waals surface area contributed by atoms with Crippen LogP contribution in [0.4, 0.5) is 10.1 Å². The van der Waals surface area contributed by atoms with Crippen LogP contribution in [0.2, 0.25) is 0 Å². The number of nitrogens with one attached hydrogen (secondary N) is 1. The number of halogens is 1. The van der Waals surface area contributed by atoms with Gasteiger partial charge >= 0.3 is 0 Å². The third-order valence-electron chi connectivity index (χ3n) is 2.49. The summed E-state index contributed by atoms with van der Waals surface area (Å²) in [7, 11) is 0. The monoisotopic (exact) mass is 269 g/mol. The molecule has 1 aromatic carbocycles. The smallest absolute Gasteiger partial charge is 0.258 e. The Kier molecular flexibility index (Phi) is 4.43. The van der Waals surface area contributed by atoms with Crippen LogP contribution in [0.3, 0.4) is 0 Å². The standard InChI is InChI=1S/C15H12FN3O/c16-14-10-11(2-1-7-17)3-4-13(14)15(20)19-12-5-8-18-9-6-12/h3-6,8-10H,7,17H2,(H,18,19,20). The maximum absolute atomic E-state index is 13.9. The van der Waals surface area contributed by atoms with Crippen LogP contribution in [0.5, 0.6) is 0 Å². The van der Waals surface area contributed by atoms with Gasteiger partial charge < -0.3 is 11.1 Å². The van der Waals surface area contributed by atoms with Crippen molar-refractivity contribution < 1.29 is 9.18 Å². The average molecular weight is 269 g/mol. The molecular formula is C15H12FN3O. The molecule has 0 fully saturated rings. The van der Waals surface area contributed by atoms with Crippen molar-refractivity contribution in [2.45, 2.75) is 0 Å². The first-order valence-electron chi connectivity index (χ1n) is 5.90. The molecular weight excluding hydrogens is 257 g/mol. The third kappa shape index (κ3) is 3.40. The van der Waals surface area contributed by atoms with Gasteiger partial charge in [-0.05, 0) is 30.3 Å². The van der Waals surface area contributed by atoms with Crippen LogP contribution in [-0.4, -0.2) is 17.4 Å². The maximum atomic E-state index is 13.9. The average Bonchev–Trinajstić information content (AvgIpc) is 2.46. The SMILES string of the molecule is NCC#Cc1ccc(C(=O)Nc2ccncc2)c(F)c1. The van der Waals surface area contributed by atoms with Crippen molar-refractivity contribution in [3.8, 4) is 11.8 Å². The topological polar surface area (TPSA) is 68.0 Å². The molecule has 0 radical (unpaired) electrons. The van der Waals surface area contributed by atoms with E-state index in [4.69, 9.17) is 5.73 Å². The lowest BCUT2D eigenvalue weighted by atomic mass is 10.1. The van der Waals surface area contributed by atoms with Gasteiger partial charge in [0.1, 0.15) is 5.82 Å². The zero-order chi connectivity index (χ0) is 14.4. The lowest BCUT2D eigenvalue weighted by Gasteiger charge is -2.06. The first kappa shape index (κ1) is 13.7. The number of amides is 1. The number of anilines is 1. The summed E-state index contributed by atoms with van der Waals surface area (Å²) in [4.78, 5) is 15.8. The predicted octanol–water partition coefficient (Wildman–Crippen LogP) is 1.78. The summed E-state index contributed by atoms with van der Waals surface area (Å²) in [6.07, 6.45) is 3.08. The zero-order valence-electron chi connectivity index (χ0n) is 10.6. The van der Waals surface area contributed by atoms with Gasteiger partial charge in [-0.2, -0.15) is 0 Å². The fourth-order valence-electron chi connectivity index (χ4n) is 1.56. The lowest BCUT2D eigenvalue weighted by Crippen LogP contribution is -2.13. The number of nitrogens with zero attached hydrogens (tertiary/aromatic N) is 1. The van der Waals surface area contributed by atoms with Crippen LogP contribution in [0, 0.1) is 17.7 Å². The molecule has 100 valence electrons. The van der Waals surface area contributed by atoms with E-state index in [9.17, 15) is 9.18 Å². The molecule has 1 aromatic heterocycles. The van der Waals surface area contributed by atoms with Crippen LogP contribution in [0.25, 0.3) is 0 Å². The normalized spacial score (nSPS) is 9.50. The van der Waals surface area contributed by atoms with Crippen LogP contribution in [0.1, 0.15) is 15.9 Å². The molecule has 0 aliphatic carbocycles. The van der Waals surface area contributed by atoms with Gasteiger partial charge in [0.15, 0.2) is 0 Å². The van der Waals surface area contributed by atoms with Crippen molar-refractivity contribution in [2.75, 3.05) is 11.9 Å². The molecule has 1 heterocycles. The molecule has 3 N–H and O–H groups in total. The van der Waals surface area contributed by atoms with Crippen molar-refractivity contribution in [2.24, 2.45) is 5.73 Å². The molecule has 0 spiro atoms. The van der Waals surface area contributed by atoms with Crippen LogP contribution < -0.4 is 11.1 Å². The summed E-state index contributed by atoms with van der Waals surface area (Å²) in [5.74, 6) is 4.18. The van der Waals surface area contributed by atoms with Crippen molar-refractivity contribution in [1.29, 1.82) is 0 Å². The number of nitrogens with two attached hydrogens (primary N) is 1. The quantitative estimate of drug-likeness (QED) is 0.817. The number of hydrogen-bond donors (Lipinski definition) is 2. The Labute approximate surface area is 115 Å². The van der Waals surface area contributed by atoms with E-state index < -0.39 is 11.7 Å². The highest BCUT2D eigenvalue weighted by atomic mass is 19.1. The number of pyridine rings is 1. The van der Waals surface area contributed by atoms with Gasteiger partial charge in [-0.1, -0.05) is 11.8 Å². The minimum absolute atomic E-state index is 0.0416. The van der Waals surface area contributed by atoms with E-state index >= 15 is 0 Å². The maximum Gasteiger partial charge on any atom is 0.258 e. The molecule has 0 saturated heterocycles. The van der Waals surface area contributed by atoms with E-state index in [0.717, 1.165) is 0 Å². The van der Waals surface area contributed by atoms with Crippen molar-refractivity contribution in [3.05, 3.63) is 59.7 Å². The van der Waals surface area contributed by atoms with Crippen molar-refractivity contribution in [3.63, 3.8) is 0 Å². The minimum atomic E-state index is -0.625. The summed E-state index contributed by atoms with van der Waals surface area (Å²) in [6.45, 7) is 0.200. The van der Waals surface area contributed by atoms with E-state index in [-0.39, 0.29) is 12.1 Å². The van der Waals surface area contributed by atoms with Gasteiger partial charge in [0.2, 0.25) is 0 Å². The molecule has 0 unspecified atom stereocenters. The molecule has 0 aliphatic heterocycles. The summed E-state index contributed by atoms with van der Waals surface area (Å²) in [6, 6.07) is 7.43. The van der Waals surface area contributed by atoms with E-state index in [1.54, 1.807) is 18.2 Å². The van der Waals surface area contributed by atoms with E-state index in [1.807, 2.05) is 0 Å². The molecule has 4 nitrogen and oxygen atoms in total. The number of aromatic nitrogens is 1. The van der Waals surface area contributed by atoms with Gasteiger partial charge in [-0.15, -0.1) is 0 Å². The number of benzene rings is 1. The number of rotatable bonds is 2. The highest BCUT2D eigenvalue weighted by Crippen LogP contribution is 2.13. The van der Waals surface area contributed by atoms with E-state index in [0.29, 0.717) is 11.3 Å². The summed E-state index contributed by atoms with van der Waals surface area (Å²) >= 11 is 0. The van der Waals surface area contributed by atoms with Crippen LogP contribution >= 0.6 is 0 Å². The molecule has 20 heavy (non-hydrogen) atoms. The van der Waals surface area contributed by atoms with Crippen LogP contribution in [0.15, 0.2) is 42.7 Å². The predicted molar refractivity (Wildman–Crippen MR) is 74.5 cm³/mol. The molecule has 0 bridgehead atoms. The number of carbonyl (C=O) groups is 1. The van der Waals surface area contributed by atoms with Gasteiger partial charge in [-0.25, -0.2) is 4.39 Å². The van der Waals surface area contributed by atoms with Crippen molar-refractivity contribution in [1.82, 2.24) is 4.98 Å². The number of hydrogen-bond acceptors (Lipinski definition) is 3. The zero-order valence-corrected chi connectivity index (χ0v) is 10.6. The molecule has 2 aromatic rings. The fourth-order valence-corrected chi connectivity index (χ4v) is 1.56. The molecule has 0 aliphatic rings. The Morgan fingerprint density at radius 1 is 1.30 bits per heavy atom. The fraction of sp³-hybridized carbons (Fsp3) is 0.0667. The Bertz CT molecular complexity index is 675. The van der Waals surface area contributed by atoms with E-state index in [2.05, 4.69) is 22.1 Å². The first-order chi connectivity index (χ1) is 9.70. The summed E-state index contributed by atoms with van der Waals surface area (Å²) < 4.78 is 13.9. The van der Waals surface area contributed by atoms with Crippen molar-refractivity contribution >= 4 is 11.6 Å². The van der Waals surface area contributed by atoms with Crippen LogP contribution in [-0.2, 0) is 0 Å². The Morgan fingerprint density at radius 2 is 2.05 bits per heavy atom. The Balaban J connectivity index is 2.18. The second kappa shape index (κ2) is 6.45. The second-order valence-electron chi connectivity index (χ2n) is 3.89. The first-order valence-corrected chi connectivity index (χ1v) is 5.90. The van der Waals surface area contributed by atoms with E-state index in [1.165, 1.54) is 24.5 Å². The van der Waals surface area contributed by atoms with Gasteiger partial charge in [-0.3, -0.25) is 9.78 Å². The highest BCUT2D eigenvalue weighted by molar-refractivity contribution is 6.04. The largest absolute Gasteiger partial charge is 0.322 e. The summed E-state index contributed by atoms with van der Waals surface area (Å²) in [5, 5.41) is 2.59. The summed E-state index contributed by atoms with van der Waals surface area (Å²) in [5.41, 5.74) is 6.23. The number of carbonyl (C=O) groups excluding carboxylic acids is 1. The van der Waals surface area contributed by atoms with Gasteiger partial charge in [0.25, 0.3) is 5.91 Å². The molecule has 0 atom stereocenters. The molecule has 5 heteroatoms. The molecule has 0 saturated carbocycles. The third-order valence-corrected chi connectivity index (χ3v) is 2.49. The molecule has 1 amide bonds. The lowest BCUT2D eigenvalue weighted by molar-refractivity contribution is 0.102. The van der Waals surface area contributed by atoms with Gasteiger partial charge in [0.05, 0.1) is 12.1 Å². The minimum Gasteiger partial charge on any atom is -0.322 e. The Morgan fingerprint density at radius 3 is 2.70 bits per heavy atom. The highest BCUT2D eigenvalue weighted by Gasteiger charge is 2.12.